The number of aliphatic carboxylic acids is 2. The molecule has 4 rings (SSSR count). The number of carbonyl (C=O) groups excluding carboxylic acids is 2. The third-order valence-corrected chi connectivity index (χ3v) is 8.32. The number of anilines is 1. The molecule has 4 heterocycles. The number of nitrogen functional groups attached to an aromatic ring is 1. The molecule has 21 heteroatoms. The first kappa shape index (κ1) is 33.3. The molecule has 2 aromatic heterocycles. The number of nitrogens with one attached hydrogen (secondary N) is 1. The number of β-lactam (4-membered cyclic amide) rings is 1. The van der Waals surface area contributed by atoms with E-state index in [0.29, 0.717) is 5.57 Å². The Morgan fingerprint density at radius 1 is 1.29 bits per heavy atom. The number of carboxylic acid groups (broad SMARTS) is 2. The van der Waals surface area contributed by atoms with Gasteiger partial charge in [-0.3, -0.25) is 19.3 Å². The van der Waals surface area contributed by atoms with Crippen LogP contribution in [-0.2, 0) is 25.7 Å². The van der Waals surface area contributed by atoms with Crippen LogP contribution in [0.15, 0.2) is 26.3 Å². The minimum Gasteiger partial charge on any atom is -1.00 e. The Labute approximate surface area is 283 Å². The zero-order valence-corrected chi connectivity index (χ0v) is 27.6. The number of hydrogen-bond acceptors (Lipinski definition) is 12. The molecule has 38 heavy (non-hydrogen) atoms. The van der Waals surface area contributed by atoms with Crippen LogP contribution in [0, 0.1) is 0 Å². The van der Waals surface area contributed by atoms with Crippen LogP contribution in [0.25, 0.3) is 5.57 Å². The van der Waals surface area contributed by atoms with Crippen molar-refractivity contribution in [3.05, 3.63) is 26.8 Å². The molecule has 0 saturated carbocycles. The van der Waals surface area contributed by atoms with Gasteiger partial charge < -0.3 is 24.1 Å². The molecular weight excluding hydrogens is 625 g/mol. The average Bonchev–Trinajstić information content (AvgIpc) is 3.43. The number of thiazole rings is 1. The molecule has 0 radical (unpaired) electrons. The van der Waals surface area contributed by atoms with E-state index in [-0.39, 0.29) is 105 Å². The summed E-state index contributed by atoms with van der Waals surface area (Å²) in [6.07, 6.45) is 0. The Balaban J connectivity index is 0.00000380. The third kappa shape index (κ3) is 7.06. The molecule has 1 fully saturated rings. The van der Waals surface area contributed by atoms with Gasteiger partial charge in [0.25, 0.3) is 11.8 Å². The first-order chi connectivity index (χ1) is 17.1. The normalized spacial score (nSPS) is 17.9. The van der Waals surface area contributed by atoms with E-state index in [1.165, 1.54) is 17.1 Å². The van der Waals surface area contributed by atoms with Gasteiger partial charge in [0.05, 0.1) is 11.3 Å². The van der Waals surface area contributed by atoms with Crippen LogP contribution < -0.4 is 70.2 Å². The van der Waals surface area contributed by atoms with Gasteiger partial charge in [-0.15, -0.1) is 28.2 Å². The fourth-order valence-corrected chi connectivity index (χ4v) is 6.67. The van der Waals surface area contributed by atoms with Crippen molar-refractivity contribution in [1.29, 1.82) is 0 Å². The number of rotatable bonds is 9. The molecule has 0 aromatic carbocycles. The number of fused-ring (bicyclic) bond motifs is 1. The predicted molar refractivity (Wildman–Crippen MR) is 133 cm³/mol. The molecule has 2 aliphatic rings. The smallest absolute Gasteiger partial charge is 1.00 e. The molecular formula is C17H16Cl2N8Na2O6S3. The van der Waals surface area contributed by atoms with Gasteiger partial charge in [0.15, 0.2) is 5.13 Å². The number of carbonyl (C=O) groups is 4. The van der Waals surface area contributed by atoms with Crippen molar-refractivity contribution in [2.75, 3.05) is 17.2 Å². The van der Waals surface area contributed by atoms with Gasteiger partial charge in [0.1, 0.15) is 28.1 Å². The number of hydrogen-bond donors (Lipinski definition) is 4. The molecule has 0 spiro atoms. The summed E-state index contributed by atoms with van der Waals surface area (Å²) < 4.78 is 0.698. The molecule has 2 aliphatic heterocycles. The molecule has 1 saturated heterocycles. The Morgan fingerprint density at radius 2 is 2.00 bits per heavy atom. The van der Waals surface area contributed by atoms with Gasteiger partial charge in [-0.2, -0.15) is 0 Å². The van der Waals surface area contributed by atoms with E-state index in [4.69, 9.17) is 34.0 Å². The van der Waals surface area contributed by atoms with E-state index in [1.54, 1.807) is 0 Å². The Kier molecular flexibility index (Phi) is 12.4. The Hall–Kier alpha value is -0.860. The number of nitrogens with two attached hydrogens (primary N) is 1. The van der Waals surface area contributed by atoms with Gasteiger partial charge in [0, 0.05) is 16.9 Å². The van der Waals surface area contributed by atoms with Gasteiger partial charge >= 0.3 is 71.1 Å². The maximum Gasteiger partial charge on any atom is 1.00 e. The van der Waals surface area contributed by atoms with Crippen molar-refractivity contribution in [3.8, 4) is 0 Å². The first-order valence-corrected chi connectivity index (χ1v) is 13.3. The summed E-state index contributed by atoms with van der Waals surface area (Å²) in [6, 6.07) is -1.02. The third-order valence-electron chi connectivity index (χ3n) is 4.89. The minimum atomic E-state index is -1.32. The van der Waals surface area contributed by atoms with E-state index in [2.05, 4.69) is 25.8 Å². The van der Waals surface area contributed by atoms with Crippen molar-refractivity contribution < 1.29 is 91.4 Å². The number of amides is 2. The second-order valence-corrected chi connectivity index (χ2v) is 11.0. The Bertz CT molecular complexity index is 1350. The average molecular weight is 641 g/mol. The predicted octanol–water partition coefficient (Wildman–Crippen LogP) is -5.29. The van der Waals surface area contributed by atoms with Crippen molar-refractivity contribution in [3.63, 3.8) is 0 Å². The van der Waals surface area contributed by atoms with Gasteiger partial charge in [0.2, 0.25) is 5.16 Å². The van der Waals surface area contributed by atoms with E-state index < -0.39 is 41.7 Å². The van der Waals surface area contributed by atoms with E-state index >= 15 is 0 Å². The van der Waals surface area contributed by atoms with Crippen molar-refractivity contribution >= 4 is 92.5 Å². The topological polar surface area (TPSA) is 207 Å². The number of nitrogens with zero attached hydrogens (tertiary/aromatic N) is 6. The molecule has 14 nitrogen and oxygen atoms in total. The fourth-order valence-electron chi connectivity index (χ4n) is 3.39. The minimum absolute atomic E-state index is 0. The van der Waals surface area contributed by atoms with Gasteiger partial charge in [-0.05, 0) is 16.0 Å². The van der Waals surface area contributed by atoms with Crippen LogP contribution >= 0.6 is 58.1 Å². The fraction of sp³-hybridized carbons (Fsp3) is 0.294. The zero-order valence-electron chi connectivity index (χ0n) is 21.6. The van der Waals surface area contributed by atoms with Crippen molar-refractivity contribution in [2.45, 2.75) is 23.1 Å². The number of thioether (sulfide) groups is 2. The Morgan fingerprint density at radius 3 is 2.58 bits per heavy atom. The van der Waals surface area contributed by atoms with Crippen molar-refractivity contribution in [1.82, 2.24) is 35.4 Å². The van der Waals surface area contributed by atoms with E-state index in [1.807, 2.05) is 0 Å². The molecule has 0 aliphatic carbocycles. The van der Waals surface area contributed by atoms with Crippen LogP contribution in [0.5, 0.6) is 0 Å². The molecule has 0 bridgehead atoms. The SMILES string of the molecule is Nc1nc(C(C(=O)NC2C(=O)N3C(C(=O)O)=C(CSc4nnnn4CC(=O)O)CS[C@H]23)=C(Cl)Cl)cs1.[H-].[H-].[Na+].[Na+]. The van der Waals surface area contributed by atoms with Gasteiger partial charge in [-0.25, -0.2) is 14.5 Å². The molecule has 1 unspecified atom stereocenters. The molecule has 5 N–H and O–H groups in total. The standard InChI is InChI=1S/C17H14Cl2N8O6S3.2Na.2H/c18-11(19)8(6-4-35-16(20)21-6)12(30)22-9-13(31)27-10(15(32)33)5(2-34-14(9)27)3-36-17-23-24-25-26(17)1-7(28)29;;;;/h4,9,14H,1-3H2,(H2,20,21)(H,22,30)(H,28,29)(H,32,33);;;;/q;2*+1;2*-1/t9?,14-;;;;/m1..../s1. The summed E-state index contributed by atoms with van der Waals surface area (Å²) >= 11 is 15.1. The molecule has 2 aromatic rings. The number of halogens is 2. The van der Waals surface area contributed by atoms with E-state index in [9.17, 15) is 24.3 Å². The van der Waals surface area contributed by atoms with Gasteiger partial charge in [-0.1, -0.05) is 35.0 Å². The zero-order chi connectivity index (χ0) is 26.1. The van der Waals surface area contributed by atoms with Crippen LogP contribution in [-0.4, -0.2) is 87.0 Å². The maximum absolute atomic E-state index is 12.9. The second-order valence-electron chi connectivity index (χ2n) is 7.13. The summed E-state index contributed by atoms with van der Waals surface area (Å²) in [5, 5.41) is 33.3. The number of carboxylic acids is 2. The largest absolute Gasteiger partial charge is 1.00 e. The summed E-state index contributed by atoms with van der Waals surface area (Å²) in [4.78, 5) is 53.8. The molecule has 2 amide bonds. The summed E-state index contributed by atoms with van der Waals surface area (Å²) in [5.41, 5.74) is 5.79. The quantitative estimate of drug-likeness (QED) is 0.0875. The molecule has 194 valence electrons. The summed E-state index contributed by atoms with van der Waals surface area (Å²) in [7, 11) is 0. The van der Waals surface area contributed by atoms with Crippen LogP contribution in [0.3, 0.4) is 0 Å². The van der Waals surface area contributed by atoms with Crippen LogP contribution in [0.4, 0.5) is 5.13 Å². The summed E-state index contributed by atoms with van der Waals surface area (Å²) in [6.45, 7) is -0.459. The monoisotopic (exact) mass is 640 g/mol. The summed E-state index contributed by atoms with van der Waals surface area (Å²) in [5.74, 6) is -3.51. The maximum atomic E-state index is 12.9. The number of aromatic nitrogens is 5. The second kappa shape index (κ2) is 14.2. The van der Waals surface area contributed by atoms with E-state index in [0.717, 1.165) is 32.7 Å². The van der Waals surface area contributed by atoms with Crippen molar-refractivity contribution in [2.24, 2.45) is 0 Å². The number of tetrazole rings is 1. The van der Waals surface area contributed by atoms with Crippen LogP contribution in [0.1, 0.15) is 8.55 Å². The molecule has 2 atom stereocenters. The van der Waals surface area contributed by atoms with Crippen LogP contribution in [0.2, 0.25) is 0 Å². The first-order valence-electron chi connectivity index (χ1n) is 9.66.